The first-order valence-electron chi connectivity index (χ1n) is 8.10. The molecule has 0 unspecified atom stereocenters. The molecule has 0 saturated carbocycles. The highest BCUT2D eigenvalue weighted by atomic mass is 15.2. The molecule has 0 aliphatic carbocycles. The van der Waals surface area contributed by atoms with Crippen molar-refractivity contribution in [1.82, 2.24) is 15.5 Å². The lowest BCUT2D eigenvalue weighted by Crippen LogP contribution is -2.43. The number of piperidine rings is 1. The van der Waals surface area contributed by atoms with Crippen LogP contribution in [-0.4, -0.2) is 43.2 Å². The average Bonchev–Trinajstić information content (AvgIpc) is 2.48. The quantitative estimate of drug-likeness (QED) is 0.722. The predicted molar refractivity (Wildman–Crippen MR) is 89.8 cm³/mol. The van der Waals surface area contributed by atoms with Crippen LogP contribution in [0.25, 0.3) is 0 Å². The predicted octanol–water partition coefficient (Wildman–Crippen LogP) is 1.72. The number of nitrogens with one attached hydrogen (secondary N) is 2. The molecule has 0 radical (unpaired) electrons. The van der Waals surface area contributed by atoms with E-state index in [1.165, 1.54) is 42.7 Å². The largest absolute Gasteiger partial charge is 0.388 e. The summed E-state index contributed by atoms with van der Waals surface area (Å²) < 4.78 is 0. The Balaban J connectivity index is 1.89. The van der Waals surface area contributed by atoms with Crippen molar-refractivity contribution in [3.05, 3.63) is 35.2 Å². The average molecular weight is 290 g/mol. The number of nitrogens with two attached hydrogens (primary N) is 1. The van der Waals surface area contributed by atoms with E-state index in [1.54, 1.807) is 0 Å². The van der Waals surface area contributed by atoms with E-state index in [1.807, 2.05) is 6.20 Å². The van der Waals surface area contributed by atoms with Crippen LogP contribution in [0.2, 0.25) is 0 Å². The van der Waals surface area contributed by atoms with Gasteiger partial charge in [0.15, 0.2) is 0 Å². The van der Waals surface area contributed by atoms with Gasteiger partial charge in [-0.05, 0) is 56.5 Å². The summed E-state index contributed by atoms with van der Waals surface area (Å²) in [7, 11) is 0. The summed E-state index contributed by atoms with van der Waals surface area (Å²) in [5.74, 6) is 0. The fourth-order valence-corrected chi connectivity index (χ4v) is 2.98. The molecular weight excluding hydrogens is 260 g/mol. The molecule has 4 nitrogen and oxygen atoms in total. The van der Waals surface area contributed by atoms with E-state index in [9.17, 15) is 0 Å². The van der Waals surface area contributed by atoms with Crippen molar-refractivity contribution >= 4 is 0 Å². The zero-order valence-electron chi connectivity index (χ0n) is 13.7. The molecule has 4 heteroatoms. The van der Waals surface area contributed by atoms with E-state index < -0.39 is 0 Å². The molecule has 0 aromatic carbocycles. The van der Waals surface area contributed by atoms with Crippen LogP contribution in [0.3, 0.4) is 0 Å². The van der Waals surface area contributed by atoms with Crippen LogP contribution in [-0.2, 0) is 0 Å². The highest BCUT2D eigenvalue weighted by Gasteiger charge is 2.20. The number of allylic oxidation sites excluding steroid dienone is 2. The van der Waals surface area contributed by atoms with Crippen molar-refractivity contribution < 1.29 is 0 Å². The third-order valence-corrected chi connectivity index (χ3v) is 4.41. The molecule has 0 spiro atoms. The van der Waals surface area contributed by atoms with Crippen LogP contribution in [0, 0.1) is 0 Å². The van der Waals surface area contributed by atoms with E-state index in [0.717, 1.165) is 6.54 Å². The summed E-state index contributed by atoms with van der Waals surface area (Å²) in [6, 6.07) is 1.24. The second-order valence-electron chi connectivity index (χ2n) is 6.38. The van der Waals surface area contributed by atoms with E-state index in [2.05, 4.69) is 48.6 Å². The molecule has 0 aromatic rings. The van der Waals surface area contributed by atoms with Gasteiger partial charge in [0, 0.05) is 44.5 Å². The second-order valence-corrected chi connectivity index (χ2v) is 6.38. The lowest BCUT2D eigenvalue weighted by atomic mass is 10.0. The summed E-state index contributed by atoms with van der Waals surface area (Å²) in [4.78, 5) is 2.55. The molecule has 2 rings (SSSR count). The molecule has 0 aromatic heterocycles. The third-order valence-electron chi connectivity index (χ3n) is 4.41. The standard InChI is InChI=1S/C17H30N4/c1-13(2)21-6-4-17(5-7-21)20-12-16(9-18)15-8-14(3)10-19-11-15/h8,10,12-13,17,19-20H,4-7,9,11,18H2,1-3H3/b16-12+. The Kier molecular flexibility index (Phi) is 5.88. The molecule has 0 atom stereocenters. The summed E-state index contributed by atoms with van der Waals surface area (Å²) in [5.41, 5.74) is 9.68. The molecule has 4 N–H and O–H groups in total. The topological polar surface area (TPSA) is 53.3 Å². The van der Waals surface area contributed by atoms with Crippen LogP contribution in [0.5, 0.6) is 0 Å². The summed E-state index contributed by atoms with van der Waals surface area (Å²) in [6.45, 7) is 10.5. The van der Waals surface area contributed by atoms with Crippen molar-refractivity contribution in [1.29, 1.82) is 0 Å². The summed E-state index contributed by atoms with van der Waals surface area (Å²) in [5, 5.41) is 6.88. The highest BCUT2D eigenvalue weighted by Crippen LogP contribution is 2.16. The van der Waals surface area contributed by atoms with Gasteiger partial charge in [0.2, 0.25) is 0 Å². The first kappa shape index (κ1) is 16.1. The molecular formula is C17H30N4. The minimum absolute atomic E-state index is 0.579. The number of nitrogens with zero attached hydrogens (tertiary/aromatic N) is 1. The number of hydrogen-bond donors (Lipinski definition) is 3. The van der Waals surface area contributed by atoms with E-state index in [4.69, 9.17) is 5.73 Å². The van der Waals surface area contributed by atoms with Crippen molar-refractivity contribution in [3.8, 4) is 0 Å². The minimum Gasteiger partial charge on any atom is -0.388 e. The molecule has 2 heterocycles. The van der Waals surface area contributed by atoms with Crippen molar-refractivity contribution in [2.45, 2.75) is 45.7 Å². The van der Waals surface area contributed by atoms with Gasteiger partial charge >= 0.3 is 0 Å². The van der Waals surface area contributed by atoms with Gasteiger partial charge in [0.05, 0.1) is 0 Å². The van der Waals surface area contributed by atoms with Gasteiger partial charge in [0.25, 0.3) is 0 Å². The fourth-order valence-electron chi connectivity index (χ4n) is 2.98. The maximum atomic E-state index is 5.92. The molecule has 0 bridgehead atoms. The monoisotopic (exact) mass is 290 g/mol. The summed E-state index contributed by atoms with van der Waals surface area (Å²) >= 11 is 0. The molecule has 2 aliphatic heterocycles. The Morgan fingerprint density at radius 3 is 2.76 bits per heavy atom. The SMILES string of the molecule is CC1=CNCC(/C(=C/NC2CCN(C(C)C)CC2)CN)=C1. The van der Waals surface area contributed by atoms with Crippen molar-refractivity contribution in [3.63, 3.8) is 0 Å². The molecule has 1 fully saturated rings. The number of rotatable bonds is 5. The molecule has 21 heavy (non-hydrogen) atoms. The van der Waals surface area contributed by atoms with Crippen molar-refractivity contribution in [2.24, 2.45) is 5.73 Å². The molecule has 0 amide bonds. The van der Waals surface area contributed by atoms with Gasteiger partial charge < -0.3 is 21.3 Å². The molecule has 2 aliphatic rings. The van der Waals surface area contributed by atoms with Gasteiger partial charge in [0.1, 0.15) is 0 Å². The van der Waals surface area contributed by atoms with Crippen LogP contribution >= 0.6 is 0 Å². The smallest absolute Gasteiger partial charge is 0.0399 e. The molecule has 1 saturated heterocycles. The van der Waals surface area contributed by atoms with E-state index in [0.29, 0.717) is 18.6 Å². The van der Waals surface area contributed by atoms with Crippen LogP contribution in [0.1, 0.15) is 33.6 Å². The van der Waals surface area contributed by atoms with Crippen LogP contribution in [0.4, 0.5) is 0 Å². The maximum absolute atomic E-state index is 5.92. The van der Waals surface area contributed by atoms with Gasteiger partial charge in [-0.1, -0.05) is 6.08 Å². The van der Waals surface area contributed by atoms with Crippen molar-refractivity contribution in [2.75, 3.05) is 26.2 Å². The van der Waals surface area contributed by atoms with Gasteiger partial charge in [-0.25, -0.2) is 0 Å². The van der Waals surface area contributed by atoms with Gasteiger partial charge in [-0.3, -0.25) is 0 Å². The third kappa shape index (κ3) is 4.61. The normalized spacial score (nSPS) is 21.9. The minimum atomic E-state index is 0.579. The Labute approximate surface area is 129 Å². The molecule has 118 valence electrons. The number of dihydropyridines is 1. The Morgan fingerprint density at radius 1 is 1.48 bits per heavy atom. The van der Waals surface area contributed by atoms with Gasteiger partial charge in [-0.2, -0.15) is 0 Å². The lowest BCUT2D eigenvalue weighted by molar-refractivity contribution is 0.166. The first-order valence-corrected chi connectivity index (χ1v) is 8.10. The second kappa shape index (κ2) is 7.66. The van der Waals surface area contributed by atoms with E-state index >= 15 is 0 Å². The zero-order chi connectivity index (χ0) is 15.2. The number of hydrogen-bond acceptors (Lipinski definition) is 4. The lowest BCUT2D eigenvalue weighted by Gasteiger charge is -2.34. The maximum Gasteiger partial charge on any atom is 0.0399 e. The van der Waals surface area contributed by atoms with Gasteiger partial charge in [-0.15, -0.1) is 0 Å². The Morgan fingerprint density at radius 2 is 2.19 bits per heavy atom. The summed E-state index contributed by atoms with van der Waals surface area (Å²) in [6.07, 6.45) is 8.83. The van der Waals surface area contributed by atoms with E-state index in [-0.39, 0.29) is 0 Å². The fraction of sp³-hybridized carbons (Fsp3) is 0.647. The highest BCUT2D eigenvalue weighted by molar-refractivity contribution is 5.40. The number of likely N-dealkylation sites (tertiary alicyclic amines) is 1. The Bertz CT molecular complexity index is 426. The van der Waals surface area contributed by atoms with Crippen LogP contribution in [0.15, 0.2) is 35.2 Å². The zero-order valence-corrected chi connectivity index (χ0v) is 13.7. The Hall–Kier alpha value is -1.26. The van der Waals surface area contributed by atoms with Crippen LogP contribution < -0.4 is 16.4 Å². The first-order chi connectivity index (χ1) is 10.1.